The topological polar surface area (TPSA) is 50.5 Å². The first-order valence-electron chi connectivity index (χ1n) is 11.0. The van der Waals surface area contributed by atoms with E-state index in [1.807, 2.05) is 12.2 Å². The molecule has 0 fully saturated rings. The first kappa shape index (κ1) is 24.7. The minimum Gasteiger partial charge on any atom is -0.380 e. The predicted octanol–water partition coefficient (Wildman–Crippen LogP) is 5.26. The molecule has 0 saturated carbocycles. The van der Waals surface area contributed by atoms with Crippen molar-refractivity contribution in [3.05, 3.63) is 96.1 Å². The highest BCUT2D eigenvalue weighted by atomic mass is 19.4. The van der Waals surface area contributed by atoms with E-state index in [1.165, 1.54) is 65.4 Å². The molecule has 0 saturated heterocycles. The zero-order chi connectivity index (χ0) is 25.1. The van der Waals surface area contributed by atoms with Crippen LogP contribution in [0, 0.1) is 5.82 Å². The van der Waals surface area contributed by atoms with E-state index in [0.717, 1.165) is 5.57 Å². The Kier molecular flexibility index (Phi) is 7.09. The Bertz CT molecular complexity index is 1260. The molecule has 4 rings (SSSR count). The third-order valence-electron chi connectivity index (χ3n) is 5.82. The van der Waals surface area contributed by atoms with Crippen molar-refractivity contribution < 1.29 is 27.4 Å². The summed E-state index contributed by atoms with van der Waals surface area (Å²) in [6.07, 6.45) is 5.84. The maximum Gasteiger partial charge on any atom is 0.423 e. The molecule has 0 radical (unpaired) electrons. The second kappa shape index (κ2) is 10.1. The van der Waals surface area contributed by atoms with Gasteiger partial charge < -0.3 is 14.7 Å². The molecule has 0 aliphatic carbocycles. The van der Waals surface area contributed by atoms with Gasteiger partial charge in [-0.15, -0.1) is 0 Å². The van der Waals surface area contributed by atoms with Crippen molar-refractivity contribution in [3.63, 3.8) is 0 Å². The van der Waals surface area contributed by atoms with Crippen LogP contribution in [0.5, 0.6) is 0 Å². The Morgan fingerprint density at radius 3 is 2.51 bits per heavy atom. The van der Waals surface area contributed by atoms with Gasteiger partial charge in [0.15, 0.2) is 0 Å². The second-order valence-corrected chi connectivity index (χ2v) is 8.37. The van der Waals surface area contributed by atoms with Gasteiger partial charge in [-0.3, -0.25) is 0 Å². The van der Waals surface area contributed by atoms with Crippen molar-refractivity contribution in [2.45, 2.75) is 18.2 Å². The molecular weight excluding hydrogens is 462 g/mol. The van der Waals surface area contributed by atoms with Gasteiger partial charge in [-0.1, -0.05) is 30.4 Å². The van der Waals surface area contributed by atoms with E-state index in [-0.39, 0.29) is 18.7 Å². The summed E-state index contributed by atoms with van der Waals surface area (Å²) in [6.45, 7) is -0.258. The van der Waals surface area contributed by atoms with E-state index >= 15 is 0 Å². The number of hydrogen-bond donors (Lipinski definition) is 1. The molecule has 1 aliphatic heterocycles. The molecule has 184 valence electrons. The molecule has 5 nitrogen and oxygen atoms in total. The average molecular weight is 487 g/mol. The lowest BCUT2D eigenvalue weighted by molar-refractivity contribution is -0.269. The third kappa shape index (κ3) is 5.31. The van der Waals surface area contributed by atoms with E-state index < -0.39 is 24.1 Å². The maximum absolute atomic E-state index is 14.4. The SMILES string of the molecule is COC/C1=C/N(CC(O)(c2ccc3c(cnn3-c3ccc(F)cc3)c2)C(F)(F)F)C/C=C\C=C/C1. The highest BCUT2D eigenvalue weighted by Gasteiger charge is 2.55. The lowest BCUT2D eigenvalue weighted by Gasteiger charge is -2.35. The Morgan fingerprint density at radius 1 is 1.06 bits per heavy atom. The predicted molar refractivity (Wildman–Crippen MR) is 125 cm³/mol. The van der Waals surface area contributed by atoms with E-state index in [2.05, 4.69) is 5.10 Å². The molecular formula is C26H25F4N3O2. The molecule has 0 spiro atoms. The number of β-amino-alcohol motifs (C(OH)–C–C–N with tert-alkyl or cyclic N) is 1. The monoisotopic (exact) mass is 487 g/mol. The number of benzene rings is 2. The van der Waals surface area contributed by atoms with Crippen LogP contribution in [-0.4, -0.2) is 52.8 Å². The molecule has 2 aromatic carbocycles. The van der Waals surface area contributed by atoms with Crippen LogP contribution >= 0.6 is 0 Å². The smallest absolute Gasteiger partial charge is 0.380 e. The van der Waals surface area contributed by atoms with Gasteiger partial charge in [0.05, 0.1) is 30.6 Å². The number of aromatic nitrogens is 2. The number of alkyl halides is 3. The Balaban J connectivity index is 1.71. The fourth-order valence-corrected chi connectivity index (χ4v) is 4.04. The molecule has 2 heterocycles. The van der Waals surface area contributed by atoms with Gasteiger partial charge in [0, 0.05) is 25.2 Å². The van der Waals surface area contributed by atoms with Crippen molar-refractivity contribution in [3.8, 4) is 5.69 Å². The normalized spacial score (nSPS) is 19.8. The molecule has 1 aliphatic rings. The highest BCUT2D eigenvalue weighted by molar-refractivity contribution is 5.81. The number of aliphatic hydroxyl groups is 1. The summed E-state index contributed by atoms with van der Waals surface area (Å²) in [5.41, 5.74) is -1.55. The zero-order valence-corrected chi connectivity index (χ0v) is 19.0. The Morgan fingerprint density at radius 2 is 1.80 bits per heavy atom. The first-order chi connectivity index (χ1) is 16.7. The Hall–Kier alpha value is -3.43. The van der Waals surface area contributed by atoms with E-state index in [1.54, 1.807) is 18.4 Å². The number of nitrogens with zero attached hydrogens (tertiary/aromatic N) is 3. The minimum atomic E-state index is -4.94. The summed E-state index contributed by atoms with van der Waals surface area (Å²) >= 11 is 0. The first-order valence-corrected chi connectivity index (χ1v) is 11.0. The number of methoxy groups -OCH3 is 1. The summed E-state index contributed by atoms with van der Waals surface area (Å²) < 4.78 is 63.0. The molecule has 3 aromatic rings. The number of hydrogen-bond acceptors (Lipinski definition) is 4. The van der Waals surface area contributed by atoms with Crippen LogP contribution in [0.1, 0.15) is 12.0 Å². The molecule has 0 bridgehead atoms. The van der Waals surface area contributed by atoms with E-state index in [0.29, 0.717) is 23.0 Å². The van der Waals surface area contributed by atoms with Crippen molar-refractivity contribution >= 4 is 10.9 Å². The van der Waals surface area contributed by atoms with Crippen LogP contribution in [-0.2, 0) is 10.3 Å². The molecule has 1 aromatic heterocycles. The average Bonchev–Trinajstić information content (AvgIpc) is 3.27. The maximum atomic E-state index is 14.4. The number of ether oxygens (including phenoxy) is 1. The number of allylic oxidation sites excluding steroid dienone is 3. The molecule has 9 heteroatoms. The van der Waals surface area contributed by atoms with Crippen LogP contribution in [0.25, 0.3) is 16.6 Å². The summed E-state index contributed by atoms with van der Waals surface area (Å²) in [6, 6.07) is 9.64. The van der Waals surface area contributed by atoms with Gasteiger partial charge in [-0.2, -0.15) is 18.3 Å². The number of fused-ring (bicyclic) bond motifs is 1. The van der Waals surface area contributed by atoms with Gasteiger partial charge in [0.1, 0.15) is 5.82 Å². The summed E-state index contributed by atoms with van der Waals surface area (Å²) in [4.78, 5) is 1.44. The van der Waals surface area contributed by atoms with Crippen LogP contribution in [0.3, 0.4) is 0 Å². The largest absolute Gasteiger partial charge is 0.423 e. The standard InChI is InChI=1S/C26H25F4N3O2/c1-35-17-19-6-4-2-3-5-13-32(16-19)18-25(34,26(28,29)30)21-7-12-24-20(14-21)15-31-33(24)23-10-8-22(27)9-11-23/h2-5,7-12,14-16,34H,6,13,17-18H2,1H3/b4-2-,5-3-,19-16+. The Labute approximate surface area is 200 Å². The van der Waals surface area contributed by atoms with Gasteiger partial charge in [-0.05, 0) is 54.0 Å². The van der Waals surface area contributed by atoms with Crippen LogP contribution in [0.15, 0.2) is 84.7 Å². The molecule has 0 amide bonds. The number of rotatable bonds is 6. The van der Waals surface area contributed by atoms with Crippen molar-refractivity contribution in [2.75, 3.05) is 26.8 Å². The second-order valence-electron chi connectivity index (χ2n) is 8.37. The molecule has 1 unspecified atom stereocenters. The highest BCUT2D eigenvalue weighted by Crippen LogP contribution is 2.41. The quantitative estimate of drug-likeness (QED) is 0.482. The summed E-state index contributed by atoms with van der Waals surface area (Å²) in [7, 11) is 1.52. The van der Waals surface area contributed by atoms with Crippen molar-refractivity contribution in [1.82, 2.24) is 14.7 Å². The summed E-state index contributed by atoms with van der Waals surface area (Å²) in [5.74, 6) is -0.406. The van der Waals surface area contributed by atoms with Crippen LogP contribution in [0.4, 0.5) is 17.6 Å². The third-order valence-corrected chi connectivity index (χ3v) is 5.82. The molecule has 1 N–H and O–H groups in total. The summed E-state index contributed by atoms with van der Waals surface area (Å²) in [5, 5.41) is 15.8. The van der Waals surface area contributed by atoms with E-state index in [9.17, 15) is 22.7 Å². The van der Waals surface area contributed by atoms with Gasteiger partial charge in [0.25, 0.3) is 0 Å². The molecule has 1 atom stereocenters. The van der Waals surface area contributed by atoms with Crippen molar-refractivity contribution in [1.29, 1.82) is 0 Å². The lowest BCUT2D eigenvalue weighted by Crippen LogP contribution is -2.50. The fraction of sp³-hybridized carbons (Fsp3) is 0.269. The van der Waals surface area contributed by atoms with Crippen molar-refractivity contribution in [2.24, 2.45) is 0 Å². The van der Waals surface area contributed by atoms with Gasteiger partial charge in [-0.25, -0.2) is 9.07 Å². The minimum absolute atomic E-state index is 0.181. The molecule has 35 heavy (non-hydrogen) atoms. The van der Waals surface area contributed by atoms with Gasteiger partial charge >= 0.3 is 6.18 Å². The lowest BCUT2D eigenvalue weighted by atomic mass is 9.91. The fourth-order valence-electron chi connectivity index (χ4n) is 4.04. The number of halogens is 4. The van der Waals surface area contributed by atoms with Crippen LogP contribution in [0.2, 0.25) is 0 Å². The van der Waals surface area contributed by atoms with E-state index in [4.69, 9.17) is 4.74 Å². The van der Waals surface area contributed by atoms with Gasteiger partial charge in [0.2, 0.25) is 5.60 Å². The zero-order valence-electron chi connectivity index (χ0n) is 19.0. The van der Waals surface area contributed by atoms with Crippen LogP contribution < -0.4 is 0 Å².